The van der Waals surface area contributed by atoms with E-state index < -0.39 is 0 Å². The SMILES string of the molecule is CCC(C)O.CCC(C)O.CCC(C)O.CCC(C)O.[Zr]. The maximum Gasteiger partial charge on any atom is 0.0509 e. The molecule has 0 aliphatic heterocycles. The van der Waals surface area contributed by atoms with Crippen molar-refractivity contribution in [2.75, 3.05) is 0 Å². The Kier molecular flexibility index (Phi) is 45.8. The maximum absolute atomic E-state index is 8.36. The third-order valence-electron chi connectivity index (χ3n) is 2.36. The van der Waals surface area contributed by atoms with Gasteiger partial charge in [-0.1, -0.05) is 27.7 Å². The van der Waals surface area contributed by atoms with Crippen molar-refractivity contribution in [3.05, 3.63) is 0 Å². The van der Waals surface area contributed by atoms with Crippen molar-refractivity contribution in [3.8, 4) is 0 Å². The normalized spacial score (nSPS) is 14.3. The quantitative estimate of drug-likeness (QED) is 0.597. The standard InChI is InChI=1S/4C4H10O.Zr/c4*1-3-4(2)5;/h4*4-5H,3H2,1-2H3;. The minimum absolute atomic E-state index is 0. The molecule has 0 radical (unpaired) electrons. The van der Waals surface area contributed by atoms with E-state index >= 15 is 0 Å². The topological polar surface area (TPSA) is 80.9 Å². The number of aliphatic hydroxyl groups is 4. The summed E-state index contributed by atoms with van der Waals surface area (Å²) >= 11 is 0. The van der Waals surface area contributed by atoms with Gasteiger partial charge in [-0.25, -0.2) is 0 Å². The minimum Gasteiger partial charge on any atom is -0.393 e. The van der Waals surface area contributed by atoms with E-state index in [2.05, 4.69) is 0 Å². The Hall–Kier alpha value is 0.723. The molecule has 21 heavy (non-hydrogen) atoms. The first kappa shape index (κ1) is 33.4. The summed E-state index contributed by atoms with van der Waals surface area (Å²) in [6.07, 6.45) is 2.98. The Balaban J connectivity index is -0.0000000533. The Morgan fingerprint density at radius 1 is 0.476 bits per heavy atom. The van der Waals surface area contributed by atoms with E-state index in [4.69, 9.17) is 20.4 Å². The molecule has 0 spiro atoms. The summed E-state index contributed by atoms with van der Waals surface area (Å²) < 4.78 is 0. The second-order valence-corrected chi connectivity index (χ2v) is 5.03. The minimum atomic E-state index is -0.116. The van der Waals surface area contributed by atoms with Gasteiger partial charge in [0.25, 0.3) is 0 Å². The molecule has 5 heteroatoms. The number of hydrogen-bond acceptors (Lipinski definition) is 4. The van der Waals surface area contributed by atoms with Crippen LogP contribution in [0.5, 0.6) is 0 Å². The van der Waals surface area contributed by atoms with Crippen molar-refractivity contribution in [1.82, 2.24) is 0 Å². The van der Waals surface area contributed by atoms with E-state index in [9.17, 15) is 0 Å². The molecule has 0 aliphatic rings. The summed E-state index contributed by atoms with van der Waals surface area (Å²) in [5.74, 6) is 0. The van der Waals surface area contributed by atoms with E-state index in [1.54, 1.807) is 27.7 Å². The first-order valence-corrected chi connectivity index (χ1v) is 7.80. The van der Waals surface area contributed by atoms with E-state index in [1.165, 1.54) is 0 Å². The zero-order chi connectivity index (χ0) is 17.1. The molecule has 0 aromatic heterocycles. The molecule has 132 valence electrons. The summed E-state index contributed by atoms with van der Waals surface area (Å²) in [4.78, 5) is 0. The fourth-order valence-electron chi connectivity index (χ4n) is 0. The van der Waals surface area contributed by atoms with Crippen LogP contribution in [-0.2, 0) is 26.2 Å². The van der Waals surface area contributed by atoms with Crippen LogP contribution in [0.25, 0.3) is 0 Å². The molecule has 0 aliphatic carbocycles. The van der Waals surface area contributed by atoms with Crippen LogP contribution in [0.4, 0.5) is 0 Å². The zero-order valence-corrected chi connectivity index (χ0v) is 17.9. The molecule has 0 saturated heterocycles. The largest absolute Gasteiger partial charge is 0.393 e. The Bertz CT molecular complexity index is 108. The van der Waals surface area contributed by atoms with Crippen LogP contribution >= 0.6 is 0 Å². The van der Waals surface area contributed by atoms with Crippen LogP contribution in [0.15, 0.2) is 0 Å². The molecular weight excluding hydrogens is 347 g/mol. The van der Waals surface area contributed by atoms with Crippen LogP contribution in [0.3, 0.4) is 0 Å². The van der Waals surface area contributed by atoms with Gasteiger partial charge in [0.1, 0.15) is 0 Å². The van der Waals surface area contributed by atoms with Crippen molar-refractivity contribution in [3.63, 3.8) is 0 Å². The van der Waals surface area contributed by atoms with Gasteiger partial charge in [-0.2, -0.15) is 0 Å². The van der Waals surface area contributed by atoms with E-state index in [0.717, 1.165) is 25.7 Å². The third-order valence-corrected chi connectivity index (χ3v) is 2.36. The molecule has 0 bridgehead atoms. The molecular formula is C16H40O4Zr. The molecule has 4 nitrogen and oxygen atoms in total. The smallest absolute Gasteiger partial charge is 0.0509 e. The number of rotatable bonds is 4. The van der Waals surface area contributed by atoms with Gasteiger partial charge in [-0.05, 0) is 53.4 Å². The number of hydrogen-bond donors (Lipinski definition) is 4. The molecule has 4 atom stereocenters. The van der Waals surface area contributed by atoms with Gasteiger partial charge in [-0.15, -0.1) is 0 Å². The van der Waals surface area contributed by atoms with Gasteiger partial charge in [-0.3, -0.25) is 0 Å². The molecule has 0 aromatic rings. The molecule has 0 saturated carbocycles. The van der Waals surface area contributed by atoms with Gasteiger partial charge in [0.15, 0.2) is 0 Å². The van der Waals surface area contributed by atoms with Crippen LogP contribution in [0.1, 0.15) is 81.1 Å². The van der Waals surface area contributed by atoms with Crippen LogP contribution in [0.2, 0.25) is 0 Å². The molecule has 0 rings (SSSR count). The summed E-state index contributed by atoms with van der Waals surface area (Å²) in [5.41, 5.74) is 0. The summed E-state index contributed by atoms with van der Waals surface area (Å²) in [6.45, 7) is 14.9. The first-order chi connectivity index (χ1) is 9.08. The van der Waals surface area contributed by atoms with Gasteiger partial charge in [0.05, 0.1) is 24.4 Å². The van der Waals surface area contributed by atoms with Gasteiger partial charge >= 0.3 is 0 Å². The van der Waals surface area contributed by atoms with Gasteiger partial charge < -0.3 is 20.4 Å². The van der Waals surface area contributed by atoms with Crippen molar-refractivity contribution in [2.24, 2.45) is 0 Å². The second kappa shape index (κ2) is 28.8. The fourth-order valence-corrected chi connectivity index (χ4v) is 0. The van der Waals surface area contributed by atoms with Gasteiger partial charge in [0.2, 0.25) is 0 Å². The average molecular weight is 388 g/mol. The van der Waals surface area contributed by atoms with Gasteiger partial charge in [0, 0.05) is 26.2 Å². The molecule has 4 N–H and O–H groups in total. The molecule has 0 amide bonds. The third kappa shape index (κ3) is 95.5. The Labute approximate surface area is 152 Å². The van der Waals surface area contributed by atoms with Crippen molar-refractivity contribution < 1.29 is 46.6 Å². The second-order valence-electron chi connectivity index (χ2n) is 5.03. The predicted molar refractivity (Wildman–Crippen MR) is 87.9 cm³/mol. The van der Waals surface area contributed by atoms with Crippen LogP contribution < -0.4 is 0 Å². The maximum atomic E-state index is 8.36. The summed E-state index contributed by atoms with van der Waals surface area (Å²) in [5, 5.41) is 33.4. The fraction of sp³-hybridized carbons (Fsp3) is 1.00. The summed E-state index contributed by atoms with van der Waals surface area (Å²) in [6, 6.07) is 0. The first-order valence-electron chi connectivity index (χ1n) is 7.80. The van der Waals surface area contributed by atoms with Crippen LogP contribution in [0, 0.1) is 0 Å². The number of aliphatic hydroxyl groups excluding tert-OH is 4. The predicted octanol–water partition coefficient (Wildman–Crippen LogP) is 3.11. The summed E-state index contributed by atoms with van der Waals surface area (Å²) in [7, 11) is 0. The zero-order valence-electron chi connectivity index (χ0n) is 15.4. The van der Waals surface area contributed by atoms with Crippen molar-refractivity contribution in [1.29, 1.82) is 0 Å². The molecule has 0 fully saturated rings. The van der Waals surface area contributed by atoms with Crippen LogP contribution in [-0.4, -0.2) is 44.8 Å². The van der Waals surface area contributed by atoms with E-state index in [1.807, 2.05) is 27.7 Å². The average Bonchev–Trinajstić information content (AvgIpc) is 2.40. The molecule has 0 aromatic carbocycles. The Morgan fingerprint density at radius 2 is 0.524 bits per heavy atom. The monoisotopic (exact) mass is 386 g/mol. The molecule has 4 unspecified atom stereocenters. The Morgan fingerprint density at radius 3 is 0.524 bits per heavy atom. The van der Waals surface area contributed by atoms with E-state index in [0.29, 0.717) is 0 Å². The van der Waals surface area contributed by atoms with Crippen molar-refractivity contribution >= 4 is 0 Å². The van der Waals surface area contributed by atoms with E-state index in [-0.39, 0.29) is 50.6 Å². The molecule has 0 heterocycles. The van der Waals surface area contributed by atoms with Crippen molar-refractivity contribution in [2.45, 2.75) is 105 Å².